The summed E-state index contributed by atoms with van der Waals surface area (Å²) >= 11 is 4.85. The molecule has 1 N–H and O–H groups in total. The fourth-order valence-corrected chi connectivity index (χ4v) is 2.93. The van der Waals surface area contributed by atoms with E-state index >= 15 is 0 Å². The van der Waals surface area contributed by atoms with Crippen molar-refractivity contribution in [3.8, 4) is 0 Å². The number of thiophene rings is 1. The van der Waals surface area contributed by atoms with Crippen LogP contribution in [0.2, 0.25) is 0 Å². The maximum Gasteiger partial charge on any atom is 0.390 e. The molecule has 0 fully saturated rings. The van der Waals surface area contributed by atoms with Crippen LogP contribution in [-0.4, -0.2) is 12.2 Å². The topological polar surface area (TPSA) is 12.0 Å². The summed E-state index contributed by atoms with van der Waals surface area (Å²) in [5.74, 6) is 0. The van der Waals surface area contributed by atoms with Gasteiger partial charge in [0.05, 0.1) is 6.42 Å². The Balaban J connectivity index is 2.48. The van der Waals surface area contributed by atoms with E-state index in [9.17, 15) is 13.2 Å². The molecule has 16 heavy (non-hydrogen) atoms. The standard InChI is InChI=1S/C10H13BrF3NS/c1-6(4-10(12,13)14)15-7(2)9-3-8(11)5-16-9/h3,5-7,15H,4H2,1-2H3. The highest BCUT2D eigenvalue weighted by Gasteiger charge is 2.30. The average molecular weight is 316 g/mol. The first kappa shape index (κ1) is 14.0. The Morgan fingerprint density at radius 1 is 1.44 bits per heavy atom. The summed E-state index contributed by atoms with van der Waals surface area (Å²) in [4.78, 5) is 1.03. The van der Waals surface area contributed by atoms with Crippen LogP contribution in [0.5, 0.6) is 0 Å². The Morgan fingerprint density at radius 3 is 2.50 bits per heavy atom. The summed E-state index contributed by atoms with van der Waals surface area (Å²) in [5, 5.41) is 4.85. The molecule has 6 heteroatoms. The van der Waals surface area contributed by atoms with Gasteiger partial charge in [-0.3, -0.25) is 0 Å². The maximum absolute atomic E-state index is 12.1. The highest BCUT2D eigenvalue weighted by molar-refractivity contribution is 9.10. The van der Waals surface area contributed by atoms with E-state index < -0.39 is 18.6 Å². The van der Waals surface area contributed by atoms with Crippen molar-refractivity contribution in [3.63, 3.8) is 0 Å². The molecular formula is C10H13BrF3NS. The first-order chi connectivity index (χ1) is 7.28. The Labute approximate surface area is 105 Å². The van der Waals surface area contributed by atoms with Crippen molar-refractivity contribution in [2.75, 3.05) is 0 Å². The summed E-state index contributed by atoms with van der Waals surface area (Å²) in [7, 11) is 0. The van der Waals surface area contributed by atoms with Crippen LogP contribution in [0.15, 0.2) is 15.9 Å². The van der Waals surface area contributed by atoms with Crippen molar-refractivity contribution < 1.29 is 13.2 Å². The molecule has 1 aromatic heterocycles. The summed E-state index contributed by atoms with van der Waals surface area (Å²) < 4.78 is 37.3. The zero-order valence-corrected chi connectivity index (χ0v) is 11.3. The average Bonchev–Trinajstić information content (AvgIpc) is 2.47. The van der Waals surface area contributed by atoms with Gasteiger partial charge in [0.25, 0.3) is 0 Å². The van der Waals surface area contributed by atoms with E-state index in [2.05, 4.69) is 21.2 Å². The van der Waals surface area contributed by atoms with E-state index in [0.717, 1.165) is 9.35 Å². The van der Waals surface area contributed by atoms with E-state index in [1.54, 1.807) is 6.92 Å². The zero-order chi connectivity index (χ0) is 12.3. The third-order valence-electron chi connectivity index (χ3n) is 2.09. The van der Waals surface area contributed by atoms with Crippen LogP contribution < -0.4 is 5.32 Å². The van der Waals surface area contributed by atoms with Gasteiger partial charge in [0.2, 0.25) is 0 Å². The van der Waals surface area contributed by atoms with Crippen LogP contribution in [0.4, 0.5) is 13.2 Å². The Hall–Kier alpha value is -0.0700. The molecule has 1 nitrogen and oxygen atoms in total. The van der Waals surface area contributed by atoms with E-state index in [1.165, 1.54) is 11.3 Å². The molecular weight excluding hydrogens is 303 g/mol. The van der Waals surface area contributed by atoms with Crippen LogP contribution in [0.25, 0.3) is 0 Å². The number of hydrogen-bond acceptors (Lipinski definition) is 2. The molecule has 1 aromatic rings. The lowest BCUT2D eigenvalue weighted by Gasteiger charge is -2.20. The van der Waals surface area contributed by atoms with Crippen LogP contribution in [0.1, 0.15) is 31.2 Å². The molecule has 0 saturated carbocycles. The van der Waals surface area contributed by atoms with E-state index in [-0.39, 0.29) is 6.04 Å². The second kappa shape index (κ2) is 5.51. The van der Waals surface area contributed by atoms with Crippen LogP contribution in [0, 0.1) is 0 Å². The second-order valence-corrected chi connectivity index (χ2v) is 5.63. The summed E-state index contributed by atoms with van der Waals surface area (Å²) in [6.07, 6.45) is -4.91. The van der Waals surface area contributed by atoms with Gasteiger partial charge in [0, 0.05) is 26.8 Å². The van der Waals surface area contributed by atoms with Crippen LogP contribution in [0.3, 0.4) is 0 Å². The molecule has 2 unspecified atom stereocenters. The predicted octanol–water partition coefficient (Wildman–Crippen LogP) is 4.50. The fraction of sp³-hybridized carbons (Fsp3) is 0.600. The molecule has 0 saturated heterocycles. The molecule has 1 heterocycles. The molecule has 0 amide bonds. The minimum atomic E-state index is -4.11. The lowest BCUT2D eigenvalue weighted by Crippen LogP contribution is -2.32. The minimum Gasteiger partial charge on any atom is -0.307 e. The molecule has 0 aliphatic heterocycles. The van der Waals surface area contributed by atoms with Gasteiger partial charge in [-0.15, -0.1) is 11.3 Å². The Bertz CT molecular complexity index is 337. The third-order valence-corrected chi connectivity index (χ3v) is 3.96. The highest BCUT2D eigenvalue weighted by Crippen LogP contribution is 2.27. The smallest absolute Gasteiger partial charge is 0.307 e. The van der Waals surface area contributed by atoms with Crippen molar-refractivity contribution in [1.82, 2.24) is 5.32 Å². The molecule has 0 aliphatic carbocycles. The van der Waals surface area contributed by atoms with Crippen molar-refractivity contribution in [2.45, 2.75) is 38.5 Å². The van der Waals surface area contributed by atoms with Crippen molar-refractivity contribution in [2.24, 2.45) is 0 Å². The molecule has 0 bridgehead atoms. The van der Waals surface area contributed by atoms with Gasteiger partial charge in [0.15, 0.2) is 0 Å². The van der Waals surface area contributed by atoms with Gasteiger partial charge < -0.3 is 5.32 Å². The number of rotatable bonds is 4. The Morgan fingerprint density at radius 2 is 2.06 bits per heavy atom. The summed E-state index contributed by atoms with van der Waals surface area (Å²) in [6.45, 7) is 3.41. The molecule has 0 radical (unpaired) electrons. The van der Waals surface area contributed by atoms with E-state index in [0.29, 0.717) is 0 Å². The third kappa shape index (κ3) is 4.84. The zero-order valence-electron chi connectivity index (χ0n) is 8.94. The second-order valence-electron chi connectivity index (χ2n) is 3.78. The number of hydrogen-bond donors (Lipinski definition) is 1. The molecule has 0 spiro atoms. The van der Waals surface area contributed by atoms with E-state index in [4.69, 9.17) is 0 Å². The van der Waals surface area contributed by atoms with Crippen LogP contribution >= 0.6 is 27.3 Å². The first-order valence-electron chi connectivity index (χ1n) is 4.84. The fourth-order valence-electron chi connectivity index (χ4n) is 1.47. The van der Waals surface area contributed by atoms with E-state index in [1.807, 2.05) is 18.4 Å². The van der Waals surface area contributed by atoms with Gasteiger partial charge in [-0.25, -0.2) is 0 Å². The molecule has 1 rings (SSSR count). The first-order valence-corrected chi connectivity index (χ1v) is 6.52. The van der Waals surface area contributed by atoms with Crippen molar-refractivity contribution in [1.29, 1.82) is 0 Å². The normalized spacial score (nSPS) is 16.1. The molecule has 92 valence electrons. The lowest BCUT2D eigenvalue weighted by molar-refractivity contribution is -0.139. The SMILES string of the molecule is CC(CC(F)(F)F)NC(C)c1cc(Br)cs1. The van der Waals surface area contributed by atoms with Gasteiger partial charge in [-0.1, -0.05) is 0 Å². The number of alkyl halides is 3. The summed E-state index contributed by atoms with van der Waals surface area (Å²) in [5.41, 5.74) is 0. The largest absolute Gasteiger partial charge is 0.390 e. The predicted molar refractivity (Wildman–Crippen MR) is 63.7 cm³/mol. The van der Waals surface area contributed by atoms with Gasteiger partial charge >= 0.3 is 6.18 Å². The summed E-state index contributed by atoms with van der Waals surface area (Å²) in [6, 6.07) is 1.28. The number of halogens is 4. The van der Waals surface area contributed by atoms with Gasteiger partial charge in [-0.2, -0.15) is 13.2 Å². The maximum atomic E-state index is 12.1. The minimum absolute atomic E-state index is 0.0614. The van der Waals surface area contributed by atoms with Gasteiger partial charge in [-0.05, 0) is 35.8 Å². The highest BCUT2D eigenvalue weighted by atomic mass is 79.9. The lowest BCUT2D eigenvalue weighted by atomic mass is 10.2. The Kier molecular flexibility index (Phi) is 4.82. The van der Waals surface area contributed by atoms with Crippen molar-refractivity contribution in [3.05, 3.63) is 20.8 Å². The van der Waals surface area contributed by atoms with Crippen LogP contribution in [-0.2, 0) is 0 Å². The molecule has 0 aliphatic rings. The van der Waals surface area contributed by atoms with Gasteiger partial charge in [0.1, 0.15) is 0 Å². The molecule has 2 atom stereocenters. The quantitative estimate of drug-likeness (QED) is 0.862. The van der Waals surface area contributed by atoms with Crippen molar-refractivity contribution >= 4 is 27.3 Å². The number of nitrogens with one attached hydrogen (secondary N) is 1. The molecule has 0 aromatic carbocycles. The monoisotopic (exact) mass is 315 g/mol.